The minimum Gasteiger partial charge on any atom is -0.489 e. The number of aryl methyl sites for hydroxylation is 1. The van der Waals surface area contributed by atoms with Gasteiger partial charge in [0, 0.05) is 26.2 Å². The van der Waals surface area contributed by atoms with Gasteiger partial charge in [-0.3, -0.25) is 0 Å². The average Bonchev–Trinajstić information content (AvgIpc) is 2.62. The molecule has 1 fully saturated rings. The molecule has 3 nitrogen and oxygen atoms in total. The van der Waals surface area contributed by atoms with E-state index in [1.165, 1.54) is 43.9 Å². The van der Waals surface area contributed by atoms with Crippen LogP contribution < -0.4 is 4.74 Å². The van der Waals surface area contributed by atoms with Crippen LogP contribution in [0.25, 0.3) is 0 Å². The lowest BCUT2D eigenvalue weighted by Gasteiger charge is -2.32. The van der Waals surface area contributed by atoms with Gasteiger partial charge in [-0.15, -0.1) is 0 Å². The van der Waals surface area contributed by atoms with Crippen LogP contribution >= 0.6 is 0 Å². The number of hydrogen-bond acceptors (Lipinski definition) is 3. The summed E-state index contributed by atoms with van der Waals surface area (Å²) in [5.41, 5.74) is 2.14. The quantitative estimate of drug-likeness (QED) is 0.765. The summed E-state index contributed by atoms with van der Waals surface area (Å²) in [5.74, 6) is 0.625. The fourth-order valence-electron chi connectivity index (χ4n) is 3.16. The van der Waals surface area contributed by atoms with Gasteiger partial charge in [0.25, 0.3) is 0 Å². The van der Waals surface area contributed by atoms with Crippen molar-refractivity contribution in [3.8, 4) is 5.75 Å². The SMILES string of the molecule is CN1CCN(CCCc2cccc(OCc3cccc(F)c3)c2)CC1. The highest BCUT2D eigenvalue weighted by atomic mass is 19.1. The summed E-state index contributed by atoms with van der Waals surface area (Å²) in [4.78, 5) is 4.93. The zero-order valence-electron chi connectivity index (χ0n) is 15.0. The van der Waals surface area contributed by atoms with Crippen molar-refractivity contribution < 1.29 is 9.13 Å². The molecule has 4 heteroatoms. The monoisotopic (exact) mass is 342 g/mol. The van der Waals surface area contributed by atoms with Crippen LogP contribution in [-0.2, 0) is 13.0 Å². The normalized spacial score (nSPS) is 16.1. The number of likely N-dealkylation sites (N-methyl/N-ethyl adjacent to an activating group) is 1. The molecular weight excluding hydrogens is 315 g/mol. The van der Waals surface area contributed by atoms with Crippen LogP contribution in [0.15, 0.2) is 48.5 Å². The van der Waals surface area contributed by atoms with Gasteiger partial charge in [-0.2, -0.15) is 0 Å². The average molecular weight is 342 g/mol. The number of hydrogen-bond donors (Lipinski definition) is 0. The summed E-state index contributed by atoms with van der Waals surface area (Å²) in [6.07, 6.45) is 2.22. The summed E-state index contributed by atoms with van der Waals surface area (Å²) in [7, 11) is 2.19. The van der Waals surface area contributed by atoms with Gasteiger partial charge in [-0.25, -0.2) is 4.39 Å². The van der Waals surface area contributed by atoms with E-state index >= 15 is 0 Å². The number of rotatable bonds is 7. The molecule has 0 N–H and O–H groups in total. The number of ether oxygens (including phenoxy) is 1. The van der Waals surface area contributed by atoms with Gasteiger partial charge in [-0.05, 0) is 61.8 Å². The van der Waals surface area contributed by atoms with Crippen molar-refractivity contribution in [2.45, 2.75) is 19.4 Å². The molecule has 1 heterocycles. The maximum atomic E-state index is 13.2. The van der Waals surface area contributed by atoms with Gasteiger partial charge in [0.05, 0.1) is 0 Å². The summed E-state index contributed by atoms with van der Waals surface area (Å²) >= 11 is 0. The molecule has 3 rings (SSSR count). The highest BCUT2D eigenvalue weighted by molar-refractivity contribution is 5.29. The van der Waals surface area contributed by atoms with E-state index in [4.69, 9.17) is 4.74 Å². The highest BCUT2D eigenvalue weighted by Crippen LogP contribution is 2.17. The minimum absolute atomic E-state index is 0.223. The molecule has 2 aromatic carbocycles. The fourth-order valence-corrected chi connectivity index (χ4v) is 3.16. The van der Waals surface area contributed by atoms with Crippen molar-refractivity contribution in [1.82, 2.24) is 9.80 Å². The second-order valence-electron chi connectivity index (χ2n) is 6.81. The first-order valence-electron chi connectivity index (χ1n) is 9.06. The standard InChI is InChI=1S/C21H27FN2O/c1-23-11-13-24(14-12-23)10-4-7-18-5-3-9-21(16-18)25-17-19-6-2-8-20(22)15-19/h2-3,5-6,8-9,15-16H,4,7,10-14,17H2,1H3. The largest absolute Gasteiger partial charge is 0.489 e. The van der Waals surface area contributed by atoms with Crippen molar-refractivity contribution in [3.63, 3.8) is 0 Å². The third-order valence-corrected chi connectivity index (χ3v) is 4.73. The third kappa shape index (κ3) is 5.83. The molecular formula is C21H27FN2O. The molecule has 25 heavy (non-hydrogen) atoms. The van der Waals surface area contributed by atoms with E-state index in [1.807, 2.05) is 18.2 Å². The second-order valence-corrected chi connectivity index (χ2v) is 6.81. The summed E-state index contributed by atoms with van der Waals surface area (Å²) < 4.78 is 19.0. The van der Waals surface area contributed by atoms with Gasteiger partial charge in [0.2, 0.25) is 0 Å². The van der Waals surface area contributed by atoms with Gasteiger partial charge in [0.1, 0.15) is 18.2 Å². The second kappa shape index (κ2) is 8.97. The number of nitrogens with zero attached hydrogens (tertiary/aromatic N) is 2. The third-order valence-electron chi connectivity index (χ3n) is 4.73. The smallest absolute Gasteiger partial charge is 0.123 e. The Hall–Kier alpha value is -1.91. The molecule has 1 aliphatic rings. The predicted molar refractivity (Wildman–Crippen MR) is 99.4 cm³/mol. The Bertz CT molecular complexity index is 668. The van der Waals surface area contributed by atoms with E-state index in [0.717, 1.165) is 30.7 Å². The lowest BCUT2D eigenvalue weighted by atomic mass is 10.1. The Labute approximate surface area is 150 Å². The summed E-state index contributed by atoms with van der Waals surface area (Å²) in [6.45, 7) is 6.23. The van der Waals surface area contributed by atoms with E-state index in [1.54, 1.807) is 6.07 Å². The van der Waals surface area contributed by atoms with Gasteiger partial charge in [-0.1, -0.05) is 24.3 Å². The zero-order chi connectivity index (χ0) is 17.5. The van der Waals surface area contributed by atoms with E-state index in [0.29, 0.717) is 6.61 Å². The molecule has 0 saturated carbocycles. The van der Waals surface area contributed by atoms with Crippen LogP contribution in [-0.4, -0.2) is 49.6 Å². The molecule has 1 saturated heterocycles. The van der Waals surface area contributed by atoms with E-state index in [-0.39, 0.29) is 5.82 Å². The van der Waals surface area contributed by atoms with Crippen LogP contribution in [0.5, 0.6) is 5.75 Å². The Balaban J connectivity index is 1.44. The molecule has 0 unspecified atom stereocenters. The maximum absolute atomic E-state index is 13.2. The lowest BCUT2D eigenvalue weighted by molar-refractivity contribution is 0.153. The van der Waals surface area contributed by atoms with Gasteiger partial charge >= 0.3 is 0 Å². The highest BCUT2D eigenvalue weighted by Gasteiger charge is 2.12. The molecule has 0 aliphatic carbocycles. The molecule has 0 bridgehead atoms. The van der Waals surface area contributed by atoms with Crippen molar-refractivity contribution >= 4 is 0 Å². The Morgan fingerprint density at radius 3 is 2.52 bits per heavy atom. The van der Waals surface area contributed by atoms with Crippen molar-refractivity contribution in [1.29, 1.82) is 0 Å². The van der Waals surface area contributed by atoms with Crippen molar-refractivity contribution in [3.05, 3.63) is 65.5 Å². The number of benzene rings is 2. The van der Waals surface area contributed by atoms with E-state index in [2.05, 4.69) is 29.0 Å². The van der Waals surface area contributed by atoms with E-state index in [9.17, 15) is 4.39 Å². The van der Waals surface area contributed by atoms with Crippen LogP contribution in [0.3, 0.4) is 0 Å². The first-order chi connectivity index (χ1) is 12.2. The minimum atomic E-state index is -0.223. The first kappa shape index (κ1) is 17.9. The maximum Gasteiger partial charge on any atom is 0.123 e. The molecule has 0 spiro atoms. The van der Waals surface area contributed by atoms with Crippen LogP contribution in [0, 0.1) is 5.82 Å². The molecule has 0 aromatic heterocycles. The van der Waals surface area contributed by atoms with Gasteiger partial charge in [0.15, 0.2) is 0 Å². The molecule has 134 valence electrons. The molecule has 0 radical (unpaired) electrons. The Morgan fingerprint density at radius 2 is 1.72 bits per heavy atom. The van der Waals surface area contributed by atoms with Crippen molar-refractivity contribution in [2.24, 2.45) is 0 Å². The number of piperazine rings is 1. The Morgan fingerprint density at radius 1 is 0.960 bits per heavy atom. The predicted octanol–water partition coefficient (Wildman–Crippen LogP) is 3.58. The topological polar surface area (TPSA) is 15.7 Å². The summed E-state index contributed by atoms with van der Waals surface area (Å²) in [5, 5.41) is 0. The Kier molecular flexibility index (Phi) is 6.42. The van der Waals surface area contributed by atoms with Crippen molar-refractivity contribution in [2.75, 3.05) is 39.8 Å². The van der Waals surface area contributed by atoms with Crippen LogP contribution in [0.1, 0.15) is 17.5 Å². The lowest BCUT2D eigenvalue weighted by Crippen LogP contribution is -2.44. The fraction of sp³-hybridized carbons (Fsp3) is 0.429. The first-order valence-corrected chi connectivity index (χ1v) is 9.06. The van der Waals surface area contributed by atoms with Gasteiger partial charge < -0.3 is 14.5 Å². The molecule has 0 amide bonds. The van der Waals surface area contributed by atoms with Crippen LogP contribution in [0.4, 0.5) is 4.39 Å². The van der Waals surface area contributed by atoms with E-state index < -0.39 is 0 Å². The zero-order valence-corrected chi connectivity index (χ0v) is 15.0. The number of halogens is 1. The summed E-state index contributed by atoms with van der Waals surface area (Å²) in [6, 6.07) is 14.8. The molecule has 1 aliphatic heterocycles. The van der Waals surface area contributed by atoms with Crippen LogP contribution in [0.2, 0.25) is 0 Å². The molecule has 0 atom stereocenters. The molecule has 2 aromatic rings.